The van der Waals surface area contributed by atoms with E-state index in [9.17, 15) is 14.7 Å². The highest BCUT2D eigenvalue weighted by molar-refractivity contribution is 5.86. The second kappa shape index (κ2) is 3.18. The second-order valence-electron chi connectivity index (χ2n) is 4.26. The molecule has 16 heavy (non-hydrogen) atoms. The van der Waals surface area contributed by atoms with Crippen LogP contribution in [0.1, 0.15) is 6.92 Å². The molecule has 6 atom stereocenters. The van der Waals surface area contributed by atoms with Gasteiger partial charge in [-0.15, -0.1) is 0 Å². The van der Waals surface area contributed by atoms with Crippen LogP contribution in [0.3, 0.4) is 0 Å². The maximum atomic E-state index is 11.7. The number of aliphatic hydroxyl groups is 1. The van der Waals surface area contributed by atoms with Crippen LogP contribution in [0, 0.1) is 11.8 Å². The van der Waals surface area contributed by atoms with Crippen LogP contribution in [0.5, 0.6) is 0 Å². The van der Waals surface area contributed by atoms with Gasteiger partial charge in [-0.1, -0.05) is 0 Å². The van der Waals surface area contributed by atoms with Crippen molar-refractivity contribution in [2.45, 2.75) is 31.3 Å². The molecule has 3 rings (SSSR count). The van der Waals surface area contributed by atoms with Crippen LogP contribution in [0.15, 0.2) is 0 Å². The standard InChI is InChI=1S/C10H12O6/c1-2-14-9(12)3-4-7-8(16-10(4)13)5(11)6(3)15-7/h3-8,11H,2H2,1H3. The van der Waals surface area contributed by atoms with E-state index in [1.165, 1.54) is 0 Å². The molecule has 3 saturated heterocycles. The first-order chi connectivity index (χ1) is 7.65. The number of carbonyl (C=O) groups excluding carboxylic acids is 2. The fourth-order valence-electron chi connectivity index (χ4n) is 2.86. The van der Waals surface area contributed by atoms with Crippen LogP contribution in [-0.4, -0.2) is 48.1 Å². The van der Waals surface area contributed by atoms with Crippen LogP contribution in [0.25, 0.3) is 0 Å². The minimum atomic E-state index is -0.915. The predicted molar refractivity (Wildman–Crippen MR) is 48.2 cm³/mol. The number of rotatable bonds is 2. The van der Waals surface area contributed by atoms with E-state index in [1.54, 1.807) is 6.92 Å². The fraction of sp³-hybridized carbons (Fsp3) is 0.800. The summed E-state index contributed by atoms with van der Waals surface area (Å²) in [5, 5.41) is 9.80. The SMILES string of the molecule is CCOC(=O)C1C2OC3C(OC(=O)C31)C2O. The summed E-state index contributed by atoms with van der Waals surface area (Å²) in [7, 11) is 0. The highest BCUT2D eigenvalue weighted by Crippen LogP contribution is 2.50. The van der Waals surface area contributed by atoms with Crippen molar-refractivity contribution < 1.29 is 28.9 Å². The van der Waals surface area contributed by atoms with Gasteiger partial charge in [-0.2, -0.15) is 0 Å². The molecular weight excluding hydrogens is 216 g/mol. The zero-order chi connectivity index (χ0) is 11.4. The molecule has 0 amide bonds. The van der Waals surface area contributed by atoms with Crippen molar-refractivity contribution in [3.05, 3.63) is 0 Å². The maximum absolute atomic E-state index is 11.7. The Morgan fingerprint density at radius 1 is 1.44 bits per heavy atom. The van der Waals surface area contributed by atoms with E-state index in [0.717, 1.165) is 0 Å². The first-order valence-corrected chi connectivity index (χ1v) is 5.35. The van der Waals surface area contributed by atoms with Gasteiger partial charge >= 0.3 is 11.9 Å². The lowest BCUT2D eigenvalue weighted by atomic mass is 9.78. The maximum Gasteiger partial charge on any atom is 0.313 e. The summed E-state index contributed by atoms with van der Waals surface area (Å²) in [6.45, 7) is 1.94. The number of fused-ring (bicyclic) bond motifs is 1. The molecule has 3 aliphatic rings. The molecule has 3 aliphatic heterocycles. The first-order valence-electron chi connectivity index (χ1n) is 5.35. The van der Waals surface area contributed by atoms with Crippen LogP contribution in [-0.2, 0) is 23.8 Å². The van der Waals surface area contributed by atoms with Crippen LogP contribution in [0.2, 0.25) is 0 Å². The van der Waals surface area contributed by atoms with Crippen molar-refractivity contribution in [3.63, 3.8) is 0 Å². The van der Waals surface area contributed by atoms with Gasteiger partial charge in [0, 0.05) is 0 Å². The third-order valence-electron chi connectivity index (χ3n) is 3.49. The monoisotopic (exact) mass is 228 g/mol. The summed E-state index contributed by atoms with van der Waals surface area (Å²) in [6.07, 6.45) is -2.66. The largest absolute Gasteiger partial charge is 0.466 e. The van der Waals surface area contributed by atoms with Gasteiger partial charge in [0.15, 0.2) is 6.10 Å². The molecule has 0 spiro atoms. The van der Waals surface area contributed by atoms with E-state index in [1.807, 2.05) is 0 Å². The molecule has 0 radical (unpaired) electrons. The van der Waals surface area contributed by atoms with Crippen molar-refractivity contribution in [3.8, 4) is 0 Å². The van der Waals surface area contributed by atoms with Crippen LogP contribution < -0.4 is 0 Å². The molecular formula is C10H12O6. The van der Waals surface area contributed by atoms with E-state index in [4.69, 9.17) is 14.2 Å². The number of aliphatic hydroxyl groups excluding tert-OH is 1. The minimum absolute atomic E-state index is 0.244. The molecule has 3 fully saturated rings. The van der Waals surface area contributed by atoms with Gasteiger partial charge < -0.3 is 19.3 Å². The van der Waals surface area contributed by atoms with Gasteiger partial charge in [-0.3, -0.25) is 9.59 Å². The third kappa shape index (κ3) is 1.03. The molecule has 3 heterocycles. The fourth-order valence-corrected chi connectivity index (χ4v) is 2.86. The number of hydrogen-bond acceptors (Lipinski definition) is 6. The molecule has 0 aromatic rings. The molecule has 1 N–H and O–H groups in total. The zero-order valence-electron chi connectivity index (χ0n) is 8.66. The highest BCUT2D eigenvalue weighted by atomic mass is 16.6. The predicted octanol–water partition coefficient (Wildman–Crippen LogP) is -1.15. The topological polar surface area (TPSA) is 82.1 Å². The van der Waals surface area contributed by atoms with E-state index >= 15 is 0 Å². The smallest absolute Gasteiger partial charge is 0.313 e. The highest BCUT2D eigenvalue weighted by Gasteiger charge is 2.70. The zero-order valence-corrected chi connectivity index (χ0v) is 8.66. The van der Waals surface area contributed by atoms with Crippen molar-refractivity contribution in [2.24, 2.45) is 11.8 Å². The Bertz CT molecular complexity index is 353. The molecule has 88 valence electrons. The Kier molecular flexibility index (Phi) is 1.99. The van der Waals surface area contributed by atoms with Crippen molar-refractivity contribution in [2.75, 3.05) is 6.61 Å². The summed E-state index contributed by atoms with van der Waals surface area (Å²) in [5.74, 6) is -2.27. The van der Waals surface area contributed by atoms with Crippen molar-refractivity contribution in [1.82, 2.24) is 0 Å². The van der Waals surface area contributed by atoms with Crippen LogP contribution >= 0.6 is 0 Å². The molecule has 0 aliphatic carbocycles. The summed E-state index contributed by atoms with van der Waals surface area (Å²) >= 11 is 0. The Balaban J connectivity index is 1.90. The summed E-state index contributed by atoms with van der Waals surface area (Å²) in [4.78, 5) is 23.2. The third-order valence-corrected chi connectivity index (χ3v) is 3.49. The molecule has 0 aromatic carbocycles. The molecule has 6 heteroatoms. The minimum Gasteiger partial charge on any atom is -0.466 e. The van der Waals surface area contributed by atoms with Crippen LogP contribution in [0.4, 0.5) is 0 Å². The summed E-state index contributed by atoms with van der Waals surface area (Å²) in [6, 6.07) is 0. The summed E-state index contributed by atoms with van der Waals surface area (Å²) in [5.41, 5.74) is 0. The van der Waals surface area contributed by atoms with Crippen molar-refractivity contribution >= 4 is 11.9 Å². The molecule has 0 saturated carbocycles. The van der Waals surface area contributed by atoms with Gasteiger partial charge in [0.25, 0.3) is 0 Å². The van der Waals surface area contributed by atoms with Gasteiger partial charge in [-0.05, 0) is 6.92 Å². The van der Waals surface area contributed by atoms with E-state index < -0.39 is 48.2 Å². The van der Waals surface area contributed by atoms with Gasteiger partial charge in [0.1, 0.15) is 30.1 Å². The quantitative estimate of drug-likeness (QED) is 0.601. The molecule has 6 nitrogen and oxygen atoms in total. The lowest BCUT2D eigenvalue weighted by Crippen LogP contribution is -2.45. The van der Waals surface area contributed by atoms with Gasteiger partial charge in [0.05, 0.1) is 6.61 Å². The average molecular weight is 228 g/mol. The Labute approximate surface area is 91.5 Å². The first kappa shape index (κ1) is 10.0. The van der Waals surface area contributed by atoms with Gasteiger partial charge in [0.2, 0.25) is 0 Å². The second-order valence-corrected chi connectivity index (χ2v) is 4.26. The number of ether oxygens (including phenoxy) is 3. The van der Waals surface area contributed by atoms with E-state index in [-0.39, 0.29) is 6.61 Å². The molecule has 2 bridgehead atoms. The summed E-state index contributed by atoms with van der Waals surface area (Å²) < 4.78 is 15.3. The Hall–Kier alpha value is -1.14. The average Bonchev–Trinajstić information content (AvgIpc) is 2.82. The molecule has 6 unspecified atom stereocenters. The van der Waals surface area contributed by atoms with E-state index in [0.29, 0.717) is 0 Å². The Morgan fingerprint density at radius 3 is 2.88 bits per heavy atom. The number of carbonyl (C=O) groups is 2. The Morgan fingerprint density at radius 2 is 2.19 bits per heavy atom. The lowest BCUT2D eigenvalue weighted by Gasteiger charge is -2.23. The van der Waals surface area contributed by atoms with Crippen molar-refractivity contribution in [1.29, 1.82) is 0 Å². The number of esters is 2. The molecule has 0 aromatic heterocycles. The lowest BCUT2D eigenvalue weighted by molar-refractivity contribution is -0.155. The normalized spacial score (nSPS) is 48.2. The number of hydrogen-bond donors (Lipinski definition) is 1. The van der Waals surface area contributed by atoms with Gasteiger partial charge in [-0.25, -0.2) is 0 Å². The van der Waals surface area contributed by atoms with E-state index in [2.05, 4.69) is 0 Å².